The van der Waals surface area contributed by atoms with Gasteiger partial charge in [-0.2, -0.15) is 0 Å². The van der Waals surface area contributed by atoms with Crippen molar-refractivity contribution in [1.82, 2.24) is 0 Å². The van der Waals surface area contributed by atoms with Crippen LogP contribution in [0.15, 0.2) is 12.1 Å². The molecule has 1 aromatic carbocycles. The summed E-state index contributed by atoms with van der Waals surface area (Å²) in [5, 5.41) is 9.32. The van der Waals surface area contributed by atoms with Crippen LogP contribution in [0.25, 0.3) is 0 Å². The first-order valence-corrected chi connectivity index (χ1v) is 3.43. The Balaban J connectivity index is 3.24. The monoisotopic (exact) mass is 152 g/mol. The highest BCUT2D eigenvalue weighted by atomic mass is 16.3. The number of rotatable bonds is 1. The summed E-state index contributed by atoms with van der Waals surface area (Å²) < 4.78 is 0. The molecule has 0 bridgehead atoms. The van der Waals surface area contributed by atoms with E-state index < -0.39 is 0 Å². The first-order chi connectivity index (χ1) is 5.15. The first-order valence-electron chi connectivity index (χ1n) is 3.43. The largest absolute Gasteiger partial charge is 0.505 e. The van der Waals surface area contributed by atoms with Gasteiger partial charge in [0.25, 0.3) is 0 Å². The van der Waals surface area contributed by atoms with Gasteiger partial charge in [0, 0.05) is 12.1 Å². The molecule has 11 heavy (non-hydrogen) atoms. The Kier molecular flexibility index (Phi) is 2.01. The van der Waals surface area contributed by atoms with Gasteiger partial charge in [0.05, 0.1) is 5.69 Å². The molecule has 0 saturated heterocycles. The SMILES string of the molecule is Cc1cc(N)c(O)c(CN)c1. The fourth-order valence-corrected chi connectivity index (χ4v) is 1.04. The molecule has 0 heterocycles. The van der Waals surface area contributed by atoms with Gasteiger partial charge in [0.2, 0.25) is 0 Å². The molecule has 0 fully saturated rings. The average molecular weight is 152 g/mol. The van der Waals surface area contributed by atoms with Crippen LogP contribution in [0.2, 0.25) is 0 Å². The molecule has 5 N–H and O–H groups in total. The van der Waals surface area contributed by atoms with Gasteiger partial charge in [-0.25, -0.2) is 0 Å². The van der Waals surface area contributed by atoms with Crippen molar-refractivity contribution in [3.05, 3.63) is 23.3 Å². The summed E-state index contributed by atoms with van der Waals surface area (Å²) in [6.45, 7) is 2.23. The summed E-state index contributed by atoms with van der Waals surface area (Å²) >= 11 is 0. The second-order valence-corrected chi connectivity index (χ2v) is 2.57. The van der Waals surface area contributed by atoms with Crippen molar-refractivity contribution in [1.29, 1.82) is 0 Å². The molecule has 0 aliphatic heterocycles. The summed E-state index contributed by atoms with van der Waals surface area (Å²) in [5.41, 5.74) is 13.0. The Bertz CT molecular complexity index is 271. The molecular formula is C8H12N2O. The molecule has 0 saturated carbocycles. The van der Waals surface area contributed by atoms with Crippen molar-refractivity contribution in [3.63, 3.8) is 0 Å². The van der Waals surface area contributed by atoms with E-state index in [2.05, 4.69) is 0 Å². The summed E-state index contributed by atoms with van der Waals surface area (Å²) in [4.78, 5) is 0. The van der Waals surface area contributed by atoms with Gasteiger partial charge in [-0.05, 0) is 18.6 Å². The van der Waals surface area contributed by atoms with E-state index >= 15 is 0 Å². The highest BCUT2D eigenvalue weighted by Gasteiger charge is 2.03. The minimum Gasteiger partial charge on any atom is -0.505 e. The van der Waals surface area contributed by atoms with E-state index in [0.717, 1.165) is 5.56 Å². The number of aromatic hydroxyl groups is 1. The molecule has 3 heteroatoms. The first kappa shape index (κ1) is 7.88. The van der Waals surface area contributed by atoms with Gasteiger partial charge < -0.3 is 16.6 Å². The van der Waals surface area contributed by atoms with Crippen molar-refractivity contribution in [2.24, 2.45) is 5.73 Å². The van der Waals surface area contributed by atoms with Crippen LogP contribution in [0.1, 0.15) is 11.1 Å². The lowest BCUT2D eigenvalue weighted by atomic mass is 10.1. The van der Waals surface area contributed by atoms with E-state index in [1.165, 1.54) is 0 Å². The zero-order chi connectivity index (χ0) is 8.43. The molecule has 0 unspecified atom stereocenters. The molecule has 1 rings (SSSR count). The fourth-order valence-electron chi connectivity index (χ4n) is 1.04. The number of hydrogen-bond donors (Lipinski definition) is 3. The number of nitrogens with two attached hydrogens (primary N) is 2. The molecular weight excluding hydrogens is 140 g/mol. The second kappa shape index (κ2) is 2.80. The zero-order valence-corrected chi connectivity index (χ0v) is 6.46. The van der Waals surface area contributed by atoms with E-state index in [1.54, 1.807) is 6.07 Å². The van der Waals surface area contributed by atoms with Gasteiger partial charge >= 0.3 is 0 Å². The molecule has 0 aliphatic carbocycles. The lowest BCUT2D eigenvalue weighted by molar-refractivity contribution is 0.471. The number of nitrogen functional groups attached to an aromatic ring is 1. The Morgan fingerprint density at radius 3 is 2.64 bits per heavy atom. The predicted molar refractivity (Wildman–Crippen MR) is 45.1 cm³/mol. The third-order valence-corrected chi connectivity index (χ3v) is 1.58. The summed E-state index contributed by atoms with van der Waals surface area (Å²) in [6, 6.07) is 3.54. The van der Waals surface area contributed by atoms with E-state index in [1.807, 2.05) is 13.0 Å². The maximum Gasteiger partial charge on any atom is 0.142 e. The highest BCUT2D eigenvalue weighted by Crippen LogP contribution is 2.25. The number of aryl methyl sites for hydroxylation is 1. The number of phenols is 1. The number of hydrogen-bond acceptors (Lipinski definition) is 3. The highest BCUT2D eigenvalue weighted by molar-refractivity contribution is 5.57. The van der Waals surface area contributed by atoms with E-state index in [4.69, 9.17) is 11.5 Å². The van der Waals surface area contributed by atoms with Crippen molar-refractivity contribution in [2.75, 3.05) is 5.73 Å². The van der Waals surface area contributed by atoms with Crippen LogP contribution in [0.4, 0.5) is 5.69 Å². The maximum atomic E-state index is 9.32. The molecule has 60 valence electrons. The van der Waals surface area contributed by atoms with E-state index in [-0.39, 0.29) is 5.75 Å². The van der Waals surface area contributed by atoms with Crippen LogP contribution in [0.3, 0.4) is 0 Å². The molecule has 1 aromatic rings. The lowest BCUT2D eigenvalue weighted by Crippen LogP contribution is -1.99. The Hall–Kier alpha value is -1.22. The number of phenolic OH excluding ortho intramolecular Hbond substituents is 1. The fraction of sp³-hybridized carbons (Fsp3) is 0.250. The third kappa shape index (κ3) is 1.43. The minimum atomic E-state index is 0.109. The molecule has 0 atom stereocenters. The van der Waals surface area contributed by atoms with E-state index in [9.17, 15) is 5.11 Å². The van der Waals surface area contributed by atoms with Crippen LogP contribution >= 0.6 is 0 Å². The Morgan fingerprint density at radius 2 is 2.09 bits per heavy atom. The standard InChI is InChI=1S/C8H12N2O/c1-5-2-6(4-9)8(11)7(10)3-5/h2-3,11H,4,9-10H2,1H3. The van der Waals surface area contributed by atoms with E-state index in [0.29, 0.717) is 17.8 Å². The molecule has 0 spiro atoms. The van der Waals surface area contributed by atoms with Crippen LogP contribution < -0.4 is 11.5 Å². The lowest BCUT2D eigenvalue weighted by Gasteiger charge is -2.05. The minimum absolute atomic E-state index is 0.109. The Labute approximate surface area is 65.6 Å². The van der Waals surface area contributed by atoms with Gasteiger partial charge in [-0.1, -0.05) is 6.07 Å². The molecule has 0 aromatic heterocycles. The molecule has 3 nitrogen and oxygen atoms in total. The summed E-state index contributed by atoms with van der Waals surface area (Å²) in [6.07, 6.45) is 0. The van der Waals surface area contributed by atoms with Crippen molar-refractivity contribution >= 4 is 5.69 Å². The van der Waals surface area contributed by atoms with Crippen LogP contribution in [-0.2, 0) is 6.54 Å². The smallest absolute Gasteiger partial charge is 0.142 e. The summed E-state index contributed by atoms with van der Waals surface area (Å²) in [5.74, 6) is 0.109. The molecule has 0 amide bonds. The van der Waals surface area contributed by atoms with Crippen molar-refractivity contribution in [3.8, 4) is 5.75 Å². The van der Waals surface area contributed by atoms with Gasteiger partial charge in [0.15, 0.2) is 0 Å². The zero-order valence-electron chi connectivity index (χ0n) is 6.46. The van der Waals surface area contributed by atoms with Crippen LogP contribution in [0, 0.1) is 6.92 Å². The second-order valence-electron chi connectivity index (χ2n) is 2.57. The topological polar surface area (TPSA) is 72.3 Å². The average Bonchev–Trinajstić information content (AvgIpc) is 1.96. The van der Waals surface area contributed by atoms with Gasteiger partial charge in [-0.15, -0.1) is 0 Å². The third-order valence-electron chi connectivity index (χ3n) is 1.58. The van der Waals surface area contributed by atoms with Gasteiger partial charge in [0.1, 0.15) is 5.75 Å². The molecule has 0 aliphatic rings. The van der Waals surface area contributed by atoms with Crippen LogP contribution in [0.5, 0.6) is 5.75 Å². The summed E-state index contributed by atoms with van der Waals surface area (Å²) in [7, 11) is 0. The number of anilines is 1. The van der Waals surface area contributed by atoms with Crippen LogP contribution in [-0.4, -0.2) is 5.11 Å². The quantitative estimate of drug-likeness (QED) is 0.410. The maximum absolute atomic E-state index is 9.32. The Morgan fingerprint density at radius 1 is 1.45 bits per heavy atom. The predicted octanol–water partition coefficient (Wildman–Crippen LogP) is 0.742. The number of benzene rings is 1. The van der Waals surface area contributed by atoms with Crippen molar-refractivity contribution in [2.45, 2.75) is 13.5 Å². The molecule has 0 radical (unpaired) electrons. The van der Waals surface area contributed by atoms with Gasteiger partial charge in [-0.3, -0.25) is 0 Å². The normalized spacial score (nSPS) is 10.0. The van der Waals surface area contributed by atoms with Crippen molar-refractivity contribution < 1.29 is 5.11 Å².